The van der Waals surface area contributed by atoms with E-state index in [-0.39, 0.29) is 5.75 Å². The van der Waals surface area contributed by atoms with Crippen molar-refractivity contribution in [2.75, 3.05) is 0 Å². The number of benzene rings is 1. The Bertz CT molecular complexity index is 393. The van der Waals surface area contributed by atoms with Gasteiger partial charge in [0.25, 0.3) is 0 Å². The summed E-state index contributed by atoms with van der Waals surface area (Å²) in [6.45, 7) is 2.20. The van der Waals surface area contributed by atoms with Crippen LogP contribution in [0.15, 0.2) is 36.6 Å². The Morgan fingerprint density at radius 2 is 1.84 bits per heavy atom. The molecule has 0 aliphatic rings. The molecule has 104 valence electrons. The fourth-order valence-electron chi connectivity index (χ4n) is 1.71. The van der Waals surface area contributed by atoms with Crippen molar-refractivity contribution in [1.29, 1.82) is 0 Å². The molecule has 0 saturated heterocycles. The van der Waals surface area contributed by atoms with E-state index in [9.17, 15) is 4.79 Å². The zero-order chi connectivity index (χ0) is 13.9. The molecule has 0 fully saturated rings. The van der Waals surface area contributed by atoms with E-state index in [1.807, 2.05) is 6.08 Å². The van der Waals surface area contributed by atoms with Crippen molar-refractivity contribution in [3.05, 3.63) is 42.2 Å². The number of phenolic OH excluding ortho intramolecular Hbond substituents is 1. The van der Waals surface area contributed by atoms with Crippen LogP contribution in [-0.2, 0) is 4.74 Å². The fourth-order valence-corrected chi connectivity index (χ4v) is 1.71. The standard InChI is InChI=1S/C16H22O3/c1-2-3-4-5-6-7-8-13-19-16(18)14-9-11-15(17)12-10-14/h8-13,17H,2-7H2,1H3/b13-8+. The van der Waals surface area contributed by atoms with Crippen molar-refractivity contribution in [3.8, 4) is 5.75 Å². The maximum absolute atomic E-state index is 11.6. The Kier molecular flexibility index (Phi) is 7.40. The smallest absolute Gasteiger partial charge is 0.342 e. The number of rotatable bonds is 8. The van der Waals surface area contributed by atoms with Crippen LogP contribution >= 0.6 is 0 Å². The Morgan fingerprint density at radius 3 is 2.53 bits per heavy atom. The first kappa shape index (κ1) is 15.3. The summed E-state index contributed by atoms with van der Waals surface area (Å²) < 4.78 is 4.99. The van der Waals surface area contributed by atoms with E-state index >= 15 is 0 Å². The van der Waals surface area contributed by atoms with Gasteiger partial charge in [0.1, 0.15) is 5.75 Å². The molecule has 1 aromatic carbocycles. The van der Waals surface area contributed by atoms with Gasteiger partial charge in [-0.3, -0.25) is 0 Å². The third-order valence-electron chi connectivity index (χ3n) is 2.85. The molecule has 1 aromatic rings. The number of phenols is 1. The fraction of sp³-hybridized carbons (Fsp3) is 0.438. The average Bonchev–Trinajstić information content (AvgIpc) is 2.42. The molecule has 0 heterocycles. The number of hydrogen-bond acceptors (Lipinski definition) is 3. The van der Waals surface area contributed by atoms with Gasteiger partial charge in [-0.15, -0.1) is 0 Å². The first-order valence-electron chi connectivity index (χ1n) is 6.89. The van der Waals surface area contributed by atoms with Gasteiger partial charge < -0.3 is 9.84 Å². The predicted molar refractivity (Wildman–Crippen MR) is 76.0 cm³/mol. The minimum atomic E-state index is -0.401. The highest BCUT2D eigenvalue weighted by Gasteiger charge is 2.04. The van der Waals surface area contributed by atoms with Crippen molar-refractivity contribution in [2.24, 2.45) is 0 Å². The number of allylic oxidation sites excluding steroid dienone is 1. The molecule has 3 nitrogen and oxygen atoms in total. The van der Waals surface area contributed by atoms with Crippen LogP contribution in [0, 0.1) is 0 Å². The highest BCUT2D eigenvalue weighted by Crippen LogP contribution is 2.11. The van der Waals surface area contributed by atoms with E-state index in [1.165, 1.54) is 56.2 Å². The number of aromatic hydroxyl groups is 1. The third-order valence-corrected chi connectivity index (χ3v) is 2.85. The minimum Gasteiger partial charge on any atom is -0.508 e. The molecule has 0 saturated carbocycles. The molecule has 0 spiro atoms. The maximum atomic E-state index is 11.6. The maximum Gasteiger partial charge on any atom is 0.342 e. The topological polar surface area (TPSA) is 46.5 Å². The summed E-state index contributed by atoms with van der Waals surface area (Å²) in [6.07, 6.45) is 10.4. The highest BCUT2D eigenvalue weighted by atomic mass is 16.5. The summed E-state index contributed by atoms with van der Waals surface area (Å²) in [7, 11) is 0. The van der Waals surface area contributed by atoms with Gasteiger partial charge >= 0.3 is 5.97 Å². The summed E-state index contributed by atoms with van der Waals surface area (Å²) in [5.41, 5.74) is 0.436. The molecule has 19 heavy (non-hydrogen) atoms. The summed E-state index contributed by atoms with van der Waals surface area (Å²) in [4.78, 5) is 11.6. The number of ether oxygens (including phenoxy) is 1. The molecule has 1 N–H and O–H groups in total. The van der Waals surface area contributed by atoms with E-state index in [0.717, 1.165) is 12.8 Å². The first-order valence-corrected chi connectivity index (χ1v) is 6.89. The van der Waals surface area contributed by atoms with Gasteiger partial charge in [-0.1, -0.05) is 32.6 Å². The second-order valence-corrected chi connectivity index (χ2v) is 4.53. The molecule has 0 radical (unpaired) electrons. The Balaban J connectivity index is 2.17. The van der Waals surface area contributed by atoms with E-state index in [0.29, 0.717) is 5.56 Å². The summed E-state index contributed by atoms with van der Waals surface area (Å²) in [6, 6.07) is 6.01. The van der Waals surface area contributed by atoms with Crippen LogP contribution in [0.1, 0.15) is 55.8 Å². The van der Waals surface area contributed by atoms with Crippen LogP contribution in [-0.4, -0.2) is 11.1 Å². The molecule has 1 rings (SSSR count). The second kappa shape index (κ2) is 9.20. The molecule has 0 bridgehead atoms. The predicted octanol–water partition coefficient (Wildman–Crippen LogP) is 4.42. The first-order chi connectivity index (χ1) is 9.24. The summed E-state index contributed by atoms with van der Waals surface area (Å²) in [5.74, 6) is -0.263. The van der Waals surface area contributed by atoms with E-state index in [2.05, 4.69) is 6.92 Å². The number of esters is 1. The second-order valence-electron chi connectivity index (χ2n) is 4.53. The molecule has 0 aliphatic carbocycles. The van der Waals surface area contributed by atoms with Gasteiger partial charge in [0.05, 0.1) is 11.8 Å². The molecule has 0 aliphatic heterocycles. The largest absolute Gasteiger partial charge is 0.508 e. The van der Waals surface area contributed by atoms with Crippen molar-refractivity contribution in [1.82, 2.24) is 0 Å². The molecule has 0 aromatic heterocycles. The van der Waals surface area contributed by atoms with Crippen LogP contribution in [0.2, 0.25) is 0 Å². The molecule has 0 unspecified atom stereocenters. The average molecular weight is 262 g/mol. The van der Waals surface area contributed by atoms with Gasteiger partial charge in [0.15, 0.2) is 0 Å². The van der Waals surface area contributed by atoms with Crippen molar-refractivity contribution >= 4 is 5.97 Å². The number of carbonyl (C=O) groups is 1. The Hall–Kier alpha value is -1.77. The zero-order valence-electron chi connectivity index (χ0n) is 11.5. The van der Waals surface area contributed by atoms with Crippen molar-refractivity contribution in [3.63, 3.8) is 0 Å². The van der Waals surface area contributed by atoms with Gasteiger partial charge in [-0.05, 0) is 43.2 Å². The Labute approximate surface area is 114 Å². The lowest BCUT2D eigenvalue weighted by Gasteiger charge is -1.99. The molecule has 0 amide bonds. The summed E-state index contributed by atoms with van der Waals surface area (Å²) in [5, 5.41) is 9.11. The molecule has 3 heteroatoms. The minimum absolute atomic E-state index is 0.138. The van der Waals surface area contributed by atoms with Crippen LogP contribution in [0.5, 0.6) is 5.75 Å². The molecule has 0 atom stereocenters. The van der Waals surface area contributed by atoms with Crippen LogP contribution in [0.3, 0.4) is 0 Å². The number of hydrogen-bond donors (Lipinski definition) is 1. The summed E-state index contributed by atoms with van der Waals surface area (Å²) >= 11 is 0. The Morgan fingerprint density at radius 1 is 1.16 bits per heavy atom. The highest BCUT2D eigenvalue weighted by molar-refractivity contribution is 5.89. The van der Waals surface area contributed by atoms with Crippen LogP contribution < -0.4 is 0 Å². The van der Waals surface area contributed by atoms with Crippen LogP contribution in [0.25, 0.3) is 0 Å². The third kappa shape index (κ3) is 6.65. The SMILES string of the molecule is CCCCCCC/C=C/OC(=O)c1ccc(O)cc1. The lowest BCUT2D eigenvalue weighted by Crippen LogP contribution is -1.99. The van der Waals surface area contributed by atoms with Gasteiger partial charge in [-0.2, -0.15) is 0 Å². The number of carbonyl (C=O) groups excluding carboxylic acids is 1. The van der Waals surface area contributed by atoms with Crippen molar-refractivity contribution < 1.29 is 14.6 Å². The lowest BCUT2D eigenvalue weighted by atomic mass is 10.1. The van der Waals surface area contributed by atoms with E-state index in [1.54, 1.807) is 0 Å². The normalized spacial score (nSPS) is 10.8. The van der Waals surface area contributed by atoms with E-state index in [4.69, 9.17) is 9.84 Å². The quantitative estimate of drug-likeness (QED) is 0.428. The lowest BCUT2D eigenvalue weighted by molar-refractivity contribution is 0.0662. The molecular weight excluding hydrogens is 240 g/mol. The van der Waals surface area contributed by atoms with Gasteiger partial charge in [-0.25, -0.2) is 4.79 Å². The van der Waals surface area contributed by atoms with E-state index < -0.39 is 5.97 Å². The molecular formula is C16H22O3. The monoisotopic (exact) mass is 262 g/mol. The van der Waals surface area contributed by atoms with Crippen LogP contribution in [0.4, 0.5) is 0 Å². The van der Waals surface area contributed by atoms with Gasteiger partial charge in [0.2, 0.25) is 0 Å². The van der Waals surface area contributed by atoms with Gasteiger partial charge in [0, 0.05) is 0 Å². The van der Waals surface area contributed by atoms with Crippen molar-refractivity contribution in [2.45, 2.75) is 45.4 Å². The zero-order valence-corrected chi connectivity index (χ0v) is 11.5. The number of unbranched alkanes of at least 4 members (excludes halogenated alkanes) is 5.